The highest BCUT2D eigenvalue weighted by molar-refractivity contribution is 5.50. The zero-order valence-electron chi connectivity index (χ0n) is 6.71. The molecule has 0 aliphatic heterocycles. The van der Waals surface area contributed by atoms with Gasteiger partial charge in [0.25, 0.3) is 0 Å². The number of hydrogen-bond acceptors (Lipinski definition) is 2. The van der Waals surface area contributed by atoms with Crippen molar-refractivity contribution in [2.75, 3.05) is 0 Å². The summed E-state index contributed by atoms with van der Waals surface area (Å²) in [6, 6.07) is 0. The Kier molecular flexibility index (Phi) is 5.22. The Labute approximate surface area is 62.2 Å². The van der Waals surface area contributed by atoms with Gasteiger partial charge in [0, 0.05) is 6.42 Å². The lowest BCUT2D eigenvalue weighted by molar-refractivity contribution is -0.110. The predicted octanol–water partition coefficient (Wildman–Crippen LogP) is 1.37. The van der Waals surface area contributed by atoms with E-state index in [1.807, 2.05) is 6.92 Å². The fourth-order valence-electron chi connectivity index (χ4n) is 0.979. The molecule has 0 saturated heterocycles. The molecule has 0 bridgehead atoms. The highest BCUT2D eigenvalue weighted by atomic mass is 16.3. The quantitative estimate of drug-likeness (QED) is 0.592. The van der Waals surface area contributed by atoms with E-state index in [9.17, 15) is 9.90 Å². The van der Waals surface area contributed by atoms with Crippen molar-refractivity contribution in [1.29, 1.82) is 0 Å². The smallest absolute Gasteiger partial charge is 0.122 e. The molecule has 0 radical (unpaired) electrons. The summed E-state index contributed by atoms with van der Waals surface area (Å²) in [5.41, 5.74) is 0. The molecule has 0 aliphatic carbocycles. The second kappa shape index (κ2) is 5.42. The SMILES string of the molecule is CCCC(C)C(O)CC=O. The van der Waals surface area contributed by atoms with Crippen molar-refractivity contribution in [3.63, 3.8) is 0 Å². The van der Waals surface area contributed by atoms with Gasteiger partial charge in [-0.2, -0.15) is 0 Å². The third-order valence-corrected chi connectivity index (χ3v) is 1.74. The minimum Gasteiger partial charge on any atom is -0.392 e. The zero-order valence-corrected chi connectivity index (χ0v) is 6.71. The van der Waals surface area contributed by atoms with Crippen molar-refractivity contribution < 1.29 is 9.90 Å². The first-order valence-corrected chi connectivity index (χ1v) is 3.84. The molecular weight excluding hydrogens is 128 g/mol. The van der Waals surface area contributed by atoms with Crippen LogP contribution in [0.5, 0.6) is 0 Å². The molecule has 10 heavy (non-hydrogen) atoms. The third-order valence-electron chi connectivity index (χ3n) is 1.74. The van der Waals surface area contributed by atoms with E-state index in [0.717, 1.165) is 19.1 Å². The van der Waals surface area contributed by atoms with Gasteiger partial charge in [-0.3, -0.25) is 0 Å². The minimum absolute atomic E-state index is 0.259. The maximum absolute atomic E-state index is 9.96. The van der Waals surface area contributed by atoms with Gasteiger partial charge in [0.2, 0.25) is 0 Å². The average molecular weight is 144 g/mol. The molecule has 0 aromatic rings. The van der Waals surface area contributed by atoms with Crippen LogP contribution in [0.4, 0.5) is 0 Å². The lowest BCUT2D eigenvalue weighted by Gasteiger charge is -2.14. The van der Waals surface area contributed by atoms with Crippen molar-refractivity contribution in [3.05, 3.63) is 0 Å². The van der Waals surface area contributed by atoms with Gasteiger partial charge in [0.15, 0.2) is 0 Å². The Hall–Kier alpha value is -0.370. The molecule has 2 atom stereocenters. The summed E-state index contributed by atoms with van der Waals surface area (Å²) in [6.45, 7) is 4.04. The van der Waals surface area contributed by atoms with E-state index >= 15 is 0 Å². The highest BCUT2D eigenvalue weighted by Gasteiger charge is 2.11. The Balaban J connectivity index is 3.47. The Morgan fingerprint density at radius 1 is 1.60 bits per heavy atom. The van der Waals surface area contributed by atoms with Gasteiger partial charge < -0.3 is 9.90 Å². The van der Waals surface area contributed by atoms with E-state index in [1.54, 1.807) is 0 Å². The topological polar surface area (TPSA) is 37.3 Å². The van der Waals surface area contributed by atoms with Crippen LogP contribution in [-0.2, 0) is 4.79 Å². The van der Waals surface area contributed by atoms with Gasteiger partial charge in [-0.1, -0.05) is 20.3 Å². The van der Waals surface area contributed by atoms with Crippen molar-refractivity contribution >= 4 is 6.29 Å². The van der Waals surface area contributed by atoms with Crippen LogP contribution in [0.15, 0.2) is 0 Å². The Morgan fingerprint density at radius 2 is 2.20 bits per heavy atom. The first-order chi connectivity index (χ1) is 4.72. The van der Waals surface area contributed by atoms with Gasteiger partial charge in [0.05, 0.1) is 6.10 Å². The van der Waals surface area contributed by atoms with Crippen LogP contribution in [0.25, 0.3) is 0 Å². The molecule has 0 aromatic carbocycles. The van der Waals surface area contributed by atoms with Crippen LogP contribution in [0, 0.1) is 5.92 Å². The van der Waals surface area contributed by atoms with Gasteiger partial charge in [-0.15, -0.1) is 0 Å². The molecular formula is C8H16O2. The van der Waals surface area contributed by atoms with Crippen molar-refractivity contribution in [2.24, 2.45) is 5.92 Å². The second-order valence-electron chi connectivity index (χ2n) is 2.74. The predicted molar refractivity (Wildman–Crippen MR) is 40.8 cm³/mol. The molecule has 0 saturated carbocycles. The van der Waals surface area contributed by atoms with E-state index in [2.05, 4.69) is 6.92 Å². The van der Waals surface area contributed by atoms with E-state index in [0.29, 0.717) is 0 Å². The number of hydrogen-bond donors (Lipinski definition) is 1. The third kappa shape index (κ3) is 3.62. The first kappa shape index (κ1) is 9.63. The first-order valence-electron chi connectivity index (χ1n) is 3.84. The normalized spacial score (nSPS) is 16.3. The fourth-order valence-corrected chi connectivity index (χ4v) is 0.979. The van der Waals surface area contributed by atoms with Crippen molar-refractivity contribution in [2.45, 2.75) is 39.2 Å². The van der Waals surface area contributed by atoms with Crippen LogP contribution < -0.4 is 0 Å². The summed E-state index contributed by atoms with van der Waals surface area (Å²) in [6.07, 6.45) is 2.68. The molecule has 0 fully saturated rings. The maximum Gasteiger partial charge on any atom is 0.122 e. The van der Waals surface area contributed by atoms with Crippen molar-refractivity contribution in [1.82, 2.24) is 0 Å². The van der Waals surface area contributed by atoms with Crippen LogP contribution in [0.3, 0.4) is 0 Å². The Morgan fingerprint density at radius 3 is 2.60 bits per heavy atom. The number of aldehydes is 1. The molecule has 0 aromatic heterocycles. The summed E-state index contributed by atoms with van der Waals surface area (Å²) in [5.74, 6) is 0.259. The molecule has 2 heteroatoms. The molecule has 0 aliphatic rings. The second-order valence-corrected chi connectivity index (χ2v) is 2.74. The molecule has 1 N–H and O–H groups in total. The lowest BCUT2D eigenvalue weighted by Crippen LogP contribution is -2.17. The van der Waals surface area contributed by atoms with Crippen molar-refractivity contribution in [3.8, 4) is 0 Å². The van der Waals surface area contributed by atoms with E-state index in [1.165, 1.54) is 0 Å². The summed E-state index contributed by atoms with van der Waals surface area (Å²) < 4.78 is 0. The molecule has 0 amide bonds. The van der Waals surface area contributed by atoms with E-state index in [4.69, 9.17) is 0 Å². The number of carbonyl (C=O) groups is 1. The van der Waals surface area contributed by atoms with Gasteiger partial charge >= 0.3 is 0 Å². The van der Waals surface area contributed by atoms with Crippen LogP contribution in [-0.4, -0.2) is 17.5 Å². The average Bonchev–Trinajstić information content (AvgIpc) is 1.89. The molecule has 2 nitrogen and oxygen atoms in total. The van der Waals surface area contributed by atoms with Crippen LogP contribution in [0.2, 0.25) is 0 Å². The number of rotatable bonds is 5. The maximum atomic E-state index is 9.96. The Bertz CT molecular complexity index is 91.3. The monoisotopic (exact) mass is 144 g/mol. The molecule has 60 valence electrons. The summed E-state index contributed by atoms with van der Waals surface area (Å²) in [4.78, 5) is 9.96. The molecule has 2 unspecified atom stereocenters. The largest absolute Gasteiger partial charge is 0.392 e. The van der Waals surface area contributed by atoms with Crippen LogP contribution >= 0.6 is 0 Å². The highest BCUT2D eigenvalue weighted by Crippen LogP contribution is 2.11. The molecule has 0 rings (SSSR count). The standard InChI is InChI=1S/C8H16O2/c1-3-4-7(2)8(10)5-6-9/h6-8,10H,3-5H2,1-2H3. The van der Waals surface area contributed by atoms with Gasteiger partial charge in [0.1, 0.15) is 6.29 Å². The number of aliphatic hydroxyl groups is 1. The fraction of sp³-hybridized carbons (Fsp3) is 0.875. The summed E-state index contributed by atoms with van der Waals surface area (Å²) in [5, 5.41) is 9.22. The van der Waals surface area contributed by atoms with E-state index < -0.39 is 6.10 Å². The minimum atomic E-state index is -0.433. The van der Waals surface area contributed by atoms with Crippen LogP contribution in [0.1, 0.15) is 33.1 Å². The lowest BCUT2D eigenvalue weighted by atomic mass is 9.98. The summed E-state index contributed by atoms with van der Waals surface area (Å²) in [7, 11) is 0. The van der Waals surface area contributed by atoms with E-state index in [-0.39, 0.29) is 12.3 Å². The zero-order chi connectivity index (χ0) is 7.98. The van der Waals surface area contributed by atoms with Gasteiger partial charge in [-0.25, -0.2) is 0 Å². The molecule has 0 heterocycles. The number of aliphatic hydroxyl groups excluding tert-OH is 1. The molecule has 0 spiro atoms. The summed E-state index contributed by atoms with van der Waals surface area (Å²) >= 11 is 0. The number of carbonyl (C=O) groups excluding carboxylic acids is 1. The van der Waals surface area contributed by atoms with Gasteiger partial charge in [-0.05, 0) is 12.3 Å².